The molecule has 5 unspecified atom stereocenters. The molecular formula is C11H22O2. The molecule has 0 N–H and O–H groups in total. The molecule has 0 bridgehead atoms. The third-order valence-electron chi connectivity index (χ3n) is 3.52. The highest BCUT2D eigenvalue weighted by Gasteiger charge is 2.38. The number of hydrogen-bond donors (Lipinski definition) is 0. The molecule has 0 amide bonds. The molecule has 0 saturated carbocycles. The van der Waals surface area contributed by atoms with Crippen molar-refractivity contribution in [3.05, 3.63) is 0 Å². The average Bonchev–Trinajstić information content (AvgIpc) is 2.13. The first-order chi connectivity index (χ1) is 6.11. The van der Waals surface area contributed by atoms with E-state index in [0.717, 1.165) is 6.42 Å². The molecule has 0 aromatic carbocycles. The van der Waals surface area contributed by atoms with Gasteiger partial charge in [0.1, 0.15) is 0 Å². The van der Waals surface area contributed by atoms with E-state index < -0.39 is 0 Å². The highest BCUT2D eigenvalue weighted by molar-refractivity contribution is 4.86. The van der Waals surface area contributed by atoms with Gasteiger partial charge in [0.25, 0.3) is 0 Å². The summed E-state index contributed by atoms with van der Waals surface area (Å²) in [6.45, 7) is 8.83. The van der Waals surface area contributed by atoms with E-state index in [0.29, 0.717) is 17.9 Å². The van der Waals surface area contributed by atoms with Crippen LogP contribution in [0.2, 0.25) is 0 Å². The van der Waals surface area contributed by atoms with E-state index in [1.54, 1.807) is 7.11 Å². The lowest BCUT2D eigenvalue weighted by Crippen LogP contribution is -2.48. The molecular weight excluding hydrogens is 164 g/mol. The zero-order valence-corrected chi connectivity index (χ0v) is 9.41. The summed E-state index contributed by atoms with van der Waals surface area (Å²) in [6, 6.07) is 0. The monoisotopic (exact) mass is 186 g/mol. The SMILES string of the molecule is CCC1OC(C)C(C)C(C)C1OC. The Labute approximate surface area is 81.6 Å². The van der Waals surface area contributed by atoms with Gasteiger partial charge in [-0.25, -0.2) is 0 Å². The minimum absolute atomic E-state index is 0.274. The Morgan fingerprint density at radius 3 is 2.23 bits per heavy atom. The van der Waals surface area contributed by atoms with E-state index in [2.05, 4.69) is 27.7 Å². The van der Waals surface area contributed by atoms with Gasteiger partial charge in [0.15, 0.2) is 0 Å². The second-order valence-corrected chi connectivity index (χ2v) is 4.21. The van der Waals surface area contributed by atoms with Crippen molar-refractivity contribution in [2.45, 2.75) is 52.4 Å². The molecule has 78 valence electrons. The minimum Gasteiger partial charge on any atom is -0.378 e. The van der Waals surface area contributed by atoms with Crippen molar-refractivity contribution in [3.8, 4) is 0 Å². The molecule has 2 nitrogen and oxygen atoms in total. The molecule has 1 saturated heterocycles. The smallest absolute Gasteiger partial charge is 0.0861 e. The largest absolute Gasteiger partial charge is 0.378 e. The first kappa shape index (κ1) is 11.0. The van der Waals surface area contributed by atoms with Crippen LogP contribution >= 0.6 is 0 Å². The summed E-state index contributed by atoms with van der Waals surface area (Å²) in [5.41, 5.74) is 0. The van der Waals surface area contributed by atoms with E-state index in [4.69, 9.17) is 9.47 Å². The maximum absolute atomic E-state index is 5.90. The molecule has 1 fully saturated rings. The van der Waals surface area contributed by atoms with Crippen molar-refractivity contribution in [3.63, 3.8) is 0 Å². The molecule has 1 aliphatic heterocycles. The Balaban J connectivity index is 2.69. The normalized spacial score (nSPS) is 46.4. The molecule has 13 heavy (non-hydrogen) atoms. The molecule has 0 aromatic rings. The molecule has 2 heteroatoms. The molecule has 0 aromatic heterocycles. The number of rotatable bonds is 2. The van der Waals surface area contributed by atoms with Crippen LogP contribution in [0.3, 0.4) is 0 Å². The van der Waals surface area contributed by atoms with Gasteiger partial charge in [-0.05, 0) is 25.2 Å². The fourth-order valence-corrected chi connectivity index (χ4v) is 2.24. The average molecular weight is 186 g/mol. The second kappa shape index (κ2) is 4.43. The molecule has 0 spiro atoms. The van der Waals surface area contributed by atoms with Gasteiger partial charge in [0, 0.05) is 7.11 Å². The number of hydrogen-bond acceptors (Lipinski definition) is 2. The maximum atomic E-state index is 5.90. The van der Waals surface area contributed by atoms with Crippen molar-refractivity contribution < 1.29 is 9.47 Å². The van der Waals surface area contributed by atoms with Crippen LogP contribution in [-0.2, 0) is 9.47 Å². The predicted octanol–water partition coefficient (Wildman–Crippen LogP) is 2.47. The summed E-state index contributed by atoms with van der Waals surface area (Å²) in [6.07, 6.45) is 1.97. The minimum atomic E-state index is 0.274. The van der Waals surface area contributed by atoms with Crippen LogP contribution in [0.25, 0.3) is 0 Å². The summed E-state index contributed by atoms with van der Waals surface area (Å²) in [7, 11) is 1.79. The van der Waals surface area contributed by atoms with Gasteiger partial charge in [0.2, 0.25) is 0 Å². The molecule has 1 heterocycles. The van der Waals surface area contributed by atoms with Gasteiger partial charge >= 0.3 is 0 Å². The summed E-state index contributed by atoms with van der Waals surface area (Å²) in [5.74, 6) is 1.19. The highest BCUT2D eigenvalue weighted by atomic mass is 16.5. The molecule has 0 radical (unpaired) electrons. The second-order valence-electron chi connectivity index (χ2n) is 4.21. The first-order valence-electron chi connectivity index (χ1n) is 5.30. The lowest BCUT2D eigenvalue weighted by atomic mass is 9.81. The molecule has 1 aliphatic rings. The van der Waals surface area contributed by atoms with Crippen molar-refractivity contribution in [1.82, 2.24) is 0 Å². The van der Waals surface area contributed by atoms with Crippen molar-refractivity contribution >= 4 is 0 Å². The van der Waals surface area contributed by atoms with Crippen LogP contribution in [0.15, 0.2) is 0 Å². The van der Waals surface area contributed by atoms with E-state index in [9.17, 15) is 0 Å². The summed E-state index contributed by atoms with van der Waals surface area (Å²) in [4.78, 5) is 0. The van der Waals surface area contributed by atoms with Gasteiger partial charge < -0.3 is 9.47 Å². The number of ether oxygens (including phenoxy) is 2. The predicted molar refractivity (Wildman–Crippen MR) is 53.8 cm³/mol. The van der Waals surface area contributed by atoms with E-state index in [-0.39, 0.29) is 12.2 Å². The molecule has 5 atom stereocenters. The first-order valence-corrected chi connectivity index (χ1v) is 5.30. The molecule has 1 rings (SSSR count). The van der Waals surface area contributed by atoms with Gasteiger partial charge in [-0.3, -0.25) is 0 Å². The quantitative estimate of drug-likeness (QED) is 0.659. The third kappa shape index (κ3) is 2.05. The van der Waals surface area contributed by atoms with Crippen LogP contribution in [0, 0.1) is 11.8 Å². The van der Waals surface area contributed by atoms with Crippen molar-refractivity contribution in [1.29, 1.82) is 0 Å². The third-order valence-corrected chi connectivity index (χ3v) is 3.52. The Hall–Kier alpha value is -0.0800. The van der Waals surface area contributed by atoms with Gasteiger partial charge in [-0.15, -0.1) is 0 Å². The lowest BCUT2D eigenvalue weighted by molar-refractivity contribution is -0.172. The van der Waals surface area contributed by atoms with Crippen LogP contribution in [0.4, 0.5) is 0 Å². The van der Waals surface area contributed by atoms with Crippen LogP contribution < -0.4 is 0 Å². The Kier molecular flexibility index (Phi) is 3.74. The Morgan fingerprint density at radius 2 is 1.77 bits per heavy atom. The van der Waals surface area contributed by atoms with Gasteiger partial charge in [-0.2, -0.15) is 0 Å². The van der Waals surface area contributed by atoms with Crippen LogP contribution in [0.5, 0.6) is 0 Å². The van der Waals surface area contributed by atoms with Crippen LogP contribution in [0.1, 0.15) is 34.1 Å². The zero-order chi connectivity index (χ0) is 10.0. The lowest BCUT2D eigenvalue weighted by Gasteiger charge is -2.43. The summed E-state index contributed by atoms with van der Waals surface area (Å²) in [5, 5.41) is 0. The number of methoxy groups -OCH3 is 1. The Bertz CT molecular complexity index is 156. The standard InChI is InChI=1S/C11H22O2/c1-6-10-11(12-5)8(3)7(2)9(4)13-10/h7-11H,6H2,1-5H3. The summed E-state index contributed by atoms with van der Waals surface area (Å²) < 4.78 is 11.4. The highest BCUT2D eigenvalue weighted by Crippen LogP contribution is 2.33. The zero-order valence-electron chi connectivity index (χ0n) is 9.41. The fourth-order valence-electron chi connectivity index (χ4n) is 2.24. The molecule has 0 aliphatic carbocycles. The van der Waals surface area contributed by atoms with E-state index >= 15 is 0 Å². The van der Waals surface area contributed by atoms with E-state index in [1.165, 1.54) is 0 Å². The van der Waals surface area contributed by atoms with Gasteiger partial charge in [0.05, 0.1) is 18.3 Å². The van der Waals surface area contributed by atoms with Crippen LogP contribution in [-0.4, -0.2) is 25.4 Å². The van der Waals surface area contributed by atoms with Crippen molar-refractivity contribution in [2.24, 2.45) is 11.8 Å². The fraction of sp³-hybridized carbons (Fsp3) is 1.00. The maximum Gasteiger partial charge on any atom is 0.0861 e. The topological polar surface area (TPSA) is 18.5 Å². The van der Waals surface area contributed by atoms with Gasteiger partial charge in [-0.1, -0.05) is 20.8 Å². The Morgan fingerprint density at radius 1 is 1.15 bits per heavy atom. The van der Waals surface area contributed by atoms with E-state index in [1.807, 2.05) is 0 Å². The van der Waals surface area contributed by atoms with Crippen molar-refractivity contribution in [2.75, 3.05) is 7.11 Å². The summed E-state index contributed by atoms with van der Waals surface area (Å²) >= 11 is 0.